The van der Waals surface area contributed by atoms with Crippen molar-refractivity contribution < 1.29 is 66.1 Å². The van der Waals surface area contributed by atoms with Crippen LogP contribution in [0, 0.1) is 6.92 Å². The summed E-state index contributed by atoms with van der Waals surface area (Å²) in [5.74, 6) is 1.68. The molecule has 4 aliphatic heterocycles. The van der Waals surface area contributed by atoms with Gasteiger partial charge in [0.1, 0.15) is 66.4 Å². The minimum atomic E-state index is -0.990. The quantitative estimate of drug-likeness (QED) is 0.0261. The van der Waals surface area contributed by atoms with Crippen LogP contribution in [0.15, 0.2) is 117 Å². The monoisotopic (exact) mass is 1130 g/mol. The Morgan fingerprint density at radius 2 is 1.51 bits per heavy atom. The number of aryl methyl sites for hydroxylation is 1. The first kappa shape index (κ1) is 54.6. The molecule has 3 fully saturated rings. The number of carbonyl (C=O) groups is 4. The molecular weight excluding hydrogens is 1080 g/mol. The zero-order chi connectivity index (χ0) is 55.2. The van der Waals surface area contributed by atoms with Crippen molar-refractivity contribution in [2.24, 2.45) is 5.16 Å². The predicted molar refractivity (Wildman–Crippen MR) is 294 cm³/mol. The zero-order valence-electron chi connectivity index (χ0n) is 43.9. The van der Waals surface area contributed by atoms with Gasteiger partial charge in [0.2, 0.25) is 0 Å². The number of nitrogens with zero attached hydrogens (tertiary/aromatic N) is 6. The summed E-state index contributed by atoms with van der Waals surface area (Å²) in [4.78, 5) is 69.8. The molecule has 0 spiro atoms. The molecule has 2 aromatic heterocycles. The van der Waals surface area contributed by atoms with Crippen molar-refractivity contribution in [1.82, 2.24) is 25.3 Å². The molecule has 4 aromatic carbocycles. The number of β-lactam (4-membered cyclic amide) rings is 1. The third kappa shape index (κ3) is 12.0. The van der Waals surface area contributed by atoms with Gasteiger partial charge in [-0.25, -0.2) is 9.78 Å². The summed E-state index contributed by atoms with van der Waals surface area (Å²) < 4.78 is 45.5. The molecule has 0 unspecified atom stereocenters. The summed E-state index contributed by atoms with van der Waals surface area (Å²) >= 11 is 9.92. The minimum Gasteiger partial charge on any atom is -0.539 e. The van der Waals surface area contributed by atoms with E-state index in [0.717, 1.165) is 40.3 Å². The first-order valence-corrected chi connectivity index (χ1v) is 27.6. The van der Waals surface area contributed by atoms with E-state index in [9.17, 15) is 19.2 Å². The third-order valence-electron chi connectivity index (χ3n) is 14.2. The van der Waals surface area contributed by atoms with E-state index in [-0.39, 0.29) is 77.9 Å². The van der Waals surface area contributed by atoms with Gasteiger partial charge in [0, 0.05) is 29.2 Å². The highest BCUT2D eigenvalue weighted by atomic mass is 35.5. The van der Waals surface area contributed by atoms with Gasteiger partial charge in [-0.05, 0) is 77.3 Å². The van der Waals surface area contributed by atoms with Gasteiger partial charge in [-0.3, -0.25) is 19.3 Å². The molecule has 6 heterocycles. The number of thiazole rings is 1. The molecule has 4 aliphatic rings. The number of aromatic nitrogens is 2. The van der Waals surface area contributed by atoms with Crippen molar-refractivity contribution in [3.8, 4) is 34.6 Å². The normalized spacial score (nSPS) is 19.5. The third-order valence-corrected chi connectivity index (χ3v) is 16.7. The fourth-order valence-corrected chi connectivity index (χ4v) is 12.2. The molecule has 20 nitrogen and oxygen atoms in total. The number of methoxy groups -OCH3 is 3. The van der Waals surface area contributed by atoms with Crippen LogP contribution in [0.2, 0.25) is 5.02 Å². The van der Waals surface area contributed by atoms with Gasteiger partial charge >= 0.3 is 14.0 Å². The fraction of sp³-hybridized carbons (Fsp3) is 0.327. The summed E-state index contributed by atoms with van der Waals surface area (Å²) in [6.45, 7) is 5.08. The molecule has 3 amide bonds. The second-order valence-corrected chi connectivity index (χ2v) is 21.7. The zero-order valence-corrected chi connectivity index (χ0v) is 46.3. The number of nitrogens with one attached hydrogen (secondary N) is 1. The summed E-state index contributed by atoms with van der Waals surface area (Å²) in [5.41, 5.74) is 3.98. The molecule has 6 aromatic rings. The van der Waals surface area contributed by atoms with Gasteiger partial charge in [-0.15, -0.1) is 23.1 Å². The number of hydrogen-bond donors (Lipinski definition) is 1. The summed E-state index contributed by atoms with van der Waals surface area (Å²) in [7, 11) is 6.09. The maximum Gasteiger partial charge on any atom is 0.337 e. The van der Waals surface area contributed by atoms with Gasteiger partial charge in [0.05, 0.1) is 69.1 Å². The molecule has 0 radical (unpaired) electrons. The lowest BCUT2D eigenvalue weighted by Gasteiger charge is -2.50. The average Bonchev–Trinajstić information content (AvgIpc) is 4.38. The highest BCUT2D eigenvalue weighted by molar-refractivity contribution is 8.00. The van der Waals surface area contributed by atoms with Crippen LogP contribution >= 0.6 is 34.7 Å². The van der Waals surface area contributed by atoms with Gasteiger partial charge in [-0.2, -0.15) is 0 Å². The molecule has 79 heavy (non-hydrogen) atoms. The van der Waals surface area contributed by atoms with Crippen molar-refractivity contribution in [3.63, 3.8) is 0 Å². The van der Waals surface area contributed by atoms with Gasteiger partial charge in [0.15, 0.2) is 29.6 Å². The molecule has 410 valence electrons. The number of ether oxygens (including phenoxy) is 6. The van der Waals surface area contributed by atoms with Gasteiger partial charge in [0.25, 0.3) is 23.6 Å². The molecule has 10 rings (SSSR count). The number of quaternary nitrogens is 1. The van der Waals surface area contributed by atoms with Crippen molar-refractivity contribution in [2.45, 2.75) is 57.2 Å². The second kappa shape index (κ2) is 24.1. The maximum absolute atomic E-state index is 14.6. The van der Waals surface area contributed by atoms with E-state index in [0.29, 0.717) is 64.9 Å². The SMILES string of the molecule is BOC(=O)C1=C(C[N@@+]23CC[C@@H](C2)N(C(=O)c2ccc(OCc4ccc(OC)cc4)c(OCc4ccc(OC)cc4)c2Cl)CC3)CS[C@@H]2[C@H](NC(=O)/C(=N\OCc3cc(OCc4ccc(OC)cc4)no3)c3csc(C)n3)C(=O)N12. The Labute approximate surface area is 469 Å². The van der Waals surface area contributed by atoms with E-state index in [1.54, 1.807) is 51.8 Å². The lowest BCUT2D eigenvalue weighted by molar-refractivity contribution is -0.916. The summed E-state index contributed by atoms with van der Waals surface area (Å²) in [5, 5.41) is 12.8. The topological polar surface area (TPSA) is 212 Å². The fourth-order valence-electron chi connectivity index (χ4n) is 10.0. The highest BCUT2D eigenvalue weighted by Gasteiger charge is 2.56. The van der Waals surface area contributed by atoms with E-state index in [1.807, 2.05) is 77.7 Å². The summed E-state index contributed by atoms with van der Waals surface area (Å²) in [6, 6.07) is 26.2. The molecule has 0 aliphatic carbocycles. The number of oxime groups is 1. The average molecular weight is 1130 g/mol. The lowest BCUT2D eigenvalue weighted by Crippen LogP contribution is -2.71. The Bertz CT molecular complexity index is 3290. The molecule has 0 saturated carbocycles. The van der Waals surface area contributed by atoms with E-state index in [4.69, 9.17) is 54.0 Å². The number of rotatable bonds is 22. The first-order chi connectivity index (χ1) is 38.4. The number of carbonyl (C=O) groups excluding carboxylic acids is 4. The Hall–Kier alpha value is -7.73. The standard InChI is InChI=1S/C55H55BClN7O13S2/c1-32-58-43(31-78-32)47(61-75-29-41-23-45(60-77-41)73-27-34-7-13-39(70-3)14-8-34)51(65)59-48-53(67)63-49(55(68)76-56)36(30-79-54(48)63)24-64-21-19-37(25-64)62(20-22-64)52(66)42-17-18-44(72-26-33-5-11-38(69-2)12-6-33)50(46(42)57)74-28-35-9-15-40(71-4)16-10-35/h5-18,23,31,37,48,54H,19-22,24-30,56H2,1-4H3/p+1/b61-47-/t37-,48+,54+,64-/m0/s1. The molecule has 24 heteroatoms. The lowest BCUT2D eigenvalue weighted by atomic mass is 10.0. The highest BCUT2D eigenvalue weighted by Crippen LogP contribution is 2.44. The molecule has 3 saturated heterocycles. The number of hydrogen-bond acceptors (Lipinski definition) is 18. The van der Waals surface area contributed by atoms with Crippen molar-refractivity contribution in [3.05, 3.63) is 151 Å². The Balaban J connectivity index is 0.791. The van der Waals surface area contributed by atoms with Crippen molar-refractivity contribution in [2.75, 3.05) is 59.8 Å². The number of thioether (sulfide) groups is 1. The number of benzene rings is 4. The van der Waals surface area contributed by atoms with Crippen LogP contribution in [0.5, 0.6) is 34.6 Å². The molecular formula is C55H56BClN7O13S2+. The number of amides is 3. The van der Waals surface area contributed by atoms with Crippen LogP contribution in [-0.4, -0.2) is 139 Å². The summed E-state index contributed by atoms with van der Waals surface area (Å²) in [6.07, 6.45) is 0.714. The van der Waals surface area contributed by atoms with Crippen LogP contribution in [0.3, 0.4) is 0 Å². The van der Waals surface area contributed by atoms with E-state index < -0.39 is 29.2 Å². The first-order valence-electron chi connectivity index (χ1n) is 25.3. The van der Waals surface area contributed by atoms with Crippen LogP contribution in [0.25, 0.3) is 0 Å². The van der Waals surface area contributed by atoms with Crippen molar-refractivity contribution >= 4 is 72.2 Å². The van der Waals surface area contributed by atoms with E-state index in [1.165, 1.54) is 36.0 Å². The Morgan fingerprint density at radius 3 is 2.13 bits per heavy atom. The van der Waals surface area contributed by atoms with Crippen LogP contribution < -0.4 is 33.7 Å². The van der Waals surface area contributed by atoms with Gasteiger partial charge in [-0.1, -0.05) is 53.2 Å². The Kier molecular flexibility index (Phi) is 16.7. The second-order valence-electron chi connectivity index (χ2n) is 19.1. The molecule has 2 bridgehead atoms. The Morgan fingerprint density at radius 1 is 0.861 bits per heavy atom. The van der Waals surface area contributed by atoms with Gasteiger partial charge < -0.3 is 57.1 Å². The van der Waals surface area contributed by atoms with Crippen LogP contribution in [0.1, 0.15) is 49.9 Å². The number of halogens is 1. The van der Waals surface area contributed by atoms with Crippen molar-refractivity contribution in [1.29, 1.82) is 0 Å². The minimum absolute atomic E-state index is 0.122. The largest absolute Gasteiger partial charge is 0.539 e. The number of fused-ring (bicyclic) bond motifs is 3. The van der Waals surface area contributed by atoms with E-state index >= 15 is 0 Å². The maximum atomic E-state index is 14.6. The van der Waals surface area contributed by atoms with Crippen LogP contribution in [0.4, 0.5) is 0 Å². The smallest absolute Gasteiger partial charge is 0.337 e. The van der Waals surface area contributed by atoms with Crippen LogP contribution in [-0.2, 0) is 50.3 Å². The molecule has 1 N–H and O–H groups in total. The van der Waals surface area contributed by atoms with E-state index in [2.05, 4.69) is 20.6 Å². The predicted octanol–water partition coefficient (Wildman–Crippen LogP) is 6.27. The number of piperazine rings is 1. The molecule has 4 atom stereocenters.